The van der Waals surface area contributed by atoms with E-state index >= 15 is 0 Å². The Kier molecular flexibility index (Phi) is 3.70. The van der Waals surface area contributed by atoms with Crippen molar-refractivity contribution >= 4 is 37.9 Å². The van der Waals surface area contributed by atoms with Crippen LogP contribution >= 0.6 is 23.2 Å². The molecule has 1 aromatic carbocycles. The second-order valence-electron chi connectivity index (χ2n) is 2.18. The van der Waals surface area contributed by atoms with E-state index in [1.807, 2.05) is 23.9 Å². The van der Waals surface area contributed by atoms with Gasteiger partial charge in [0.2, 0.25) is 0 Å². The van der Waals surface area contributed by atoms with Gasteiger partial charge in [-0.1, -0.05) is 64.4 Å². The molecule has 0 fully saturated rings. The van der Waals surface area contributed by atoms with Crippen molar-refractivity contribution in [3.8, 4) is 0 Å². The number of halogens is 2. The van der Waals surface area contributed by atoms with Gasteiger partial charge in [0, 0.05) is 0 Å². The van der Waals surface area contributed by atoms with E-state index in [9.17, 15) is 0 Å². The summed E-state index contributed by atoms with van der Waals surface area (Å²) in [6.45, 7) is 0. The average molecular weight is 203 g/mol. The molecule has 58 valence electrons. The van der Waals surface area contributed by atoms with Crippen molar-refractivity contribution in [1.29, 1.82) is 0 Å². The van der Waals surface area contributed by atoms with Crippen molar-refractivity contribution in [3.05, 3.63) is 40.5 Å². The first-order chi connectivity index (χ1) is 5.29. The Bertz CT molecular complexity index is 240. The van der Waals surface area contributed by atoms with Crippen molar-refractivity contribution in [1.82, 2.24) is 0 Å². The maximum Gasteiger partial charge on any atom is 0.0984 e. The smallest absolute Gasteiger partial charge is 0.0717 e. The summed E-state index contributed by atoms with van der Waals surface area (Å²) in [7, 11) is -0.385. The molecule has 1 rings (SSSR count). The largest absolute Gasteiger partial charge is 0.0984 e. The highest BCUT2D eigenvalue weighted by Gasteiger charge is 1.88. The van der Waals surface area contributed by atoms with E-state index in [0.29, 0.717) is 4.49 Å². The fraction of sp³-hybridized carbons (Fsp3) is 0. The molecule has 0 heterocycles. The third-order valence-electron chi connectivity index (χ3n) is 1.33. The summed E-state index contributed by atoms with van der Waals surface area (Å²) < 4.78 is 0.389. The Hall–Kier alpha value is -0.243. The molecular weight excluding hydrogens is 195 g/mol. The van der Waals surface area contributed by atoms with Gasteiger partial charge < -0.3 is 0 Å². The standard InChI is InChI=1S/C8H8Cl2Si/c9-8(10)6-11-7-4-2-1-3-5-7/h1-6H,11H2. The molecule has 0 aliphatic carbocycles. The van der Waals surface area contributed by atoms with Gasteiger partial charge in [-0.05, 0) is 0 Å². The van der Waals surface area contributed by atoms with Gasteiger partial charge in [-0.2, -0.15) is 0 Å². The summed E-state index contributed by atoms with van der Waals surface area (Å²) in [5.74, 6) is 0. The van der Waals surface area contributed by atoms with Crippen LogP contribution in [-0.2, 0) is 0 Å². The molecule has 0 N–H and O–H groups in total. The maximum absolute atomic E-state index is 5.49. The zero-order valence-corrected chi connectivity index (χ0v) is 8.85. The van der Waals surface area contributed by atoms with Crippen molar-refractivity contribution in [2.45, 2.75) is 0 Å². The molecule has 0 nitrogen and oxygen atoms in total. The molecule has 0 spiro atoms. The SMILES string of the molecule is ClC(Cl)=C[SiH2]c1ccccc1. The van der Waals surface area contributed by atoms with Crippen LogP contribution in [0, 0.1) is 0 Å². The highest BCUT2D eigenvalue weighted by atomic mass is 35.5. The van der Waals surface area contributed by atoms with Crippen LogP contribution in [0.3, 0.4) is 0 Å². The van der Waals surface area contributed by atoms with E-state index < -0.39 is 0 Å². The van der Waals surface area contributed by atoms with E-state index in [0.717, 1.165) is 0 Å². The Morgan fingerprint density at radius 1 is 1.18 bits per heavy atom. The lowest BCUT2D eigenvalue weighted by Crippen LogP contribution is -2.10. The van der Waals surface area contributed by atoms with Gasteiger partial charge in [0.1, 0.15) is 0 Å². The summed E-state index contributed by atoms with van der Waals surface area (Å²) in [6.07, 6.45) is 0. The predicted octanol–water partition coefficient (Wildman–Crippen LogP) is 1.76. The average Bonchev–Trinajstić information content (AvgIpc) is 2.03. The molecular formula is C8H8Cl2Si. The highest BCUT2D eigenvalue weighted by molar-refractivity contribution is 6.65. The van der Waals surface area contributed by atoms with E-state index in [2.05, 4.69) is 12.1 Å². The Morgan fingerprint density at radius 3 is 2.36 bits per heavy atom. The number of hydrogen-bond acceptors (Lipinski definition) is 0. The van der Waals surface area contributed by atoms with E-state index in [1.54, 1.807) is 0 Å². The normalized spacial score (nSPS) is 10.4. The second kappa shape index (κ2) is 4.60. The van der Waals surface area contributed by atoms with E-state index in [4.69, 9.17) is 23.2 Å². The zero-order chi connectivity index (χ0) is 8.10. The number of benzene rings is 1. The van der Waals surface area contributed by atoms with Crippen LogP contribution in [0.2, 0.25) is 0 Å². The molecule has 0 bridgehead atoms. The zero-order valence-electron chi connectivity index (χ0n) is 5.93. The topological polar surface area (TPSA) is 0 Å². The Morgan fingerprint density at radius 2 is 1.82 bits per heavy atom. The first-order valence-electron chi connectivity index (χ1n) is 3.34. The molecule has 0 atom stereocenters. The fourth-order valence-electron chi connectivity index (χ4n) is 0.809. The molecule has 0 amide bonds. The number of rotatable bonds is 2. The molecule has 0 saturated heterocycles. The fourth-order valence-corrected chi connectivity index (χ4v) is 2.21. The highest BCUT2D eigenvalue weighted by Crippen LogP contribution is 2.03. The third-order valence-corrected chi connectivity index (χ3v) is 3.72. The molecule has 0 aliphatic heterocycles. The van der Waals surface area contributed by atoms with Gasteiger partial charge in [0.25, 0.3) is 0 Å². The van der Waals surface area contributed by atoms with Crippen molar-refractivity contribution < 1.29 is 0 Å². The van der Waals surface area contributed by atoms with Gasteiger partial charge in [0.15, 0.2) is 0 Å². The molecule has 0 unspecified atom stereocenters. The predicted molar refractivity (Wildman–Crippen MR) is 54.4 cm³/mol. The monoisotopic (exact) mass is 202 g/mol. The Balaban J connectivity index is 2.59. The van der Waals surface area contributed by atoms with E-state index in [-0.39, 0.29) is 9.52 Å². The van der Waals surface area contributed by atoms with Crippen LogP contribution in [0.1, 0.15) is 0 Å². The molecule has 0 aromatic heterocycles. The van der Waals surface area contributed by atoms with Crippen LogP contribution in [0.5, 0.6) is 0 Å². The van der Waals surface area contributed by atoms with Gasteiger partial charge >= 0.3 is 0 Å². The summed E-state index contributed by atoms with van der Waals surface area (Å²) in [6, 6.07) is 10.2. The van der Waals surface area contributed by atoms with Crippen LogP contribution < -0.4 is 5.19 Å². The minimum absolute atomic E-state index is 0.385. The molecule has 1 aromatic rings. The molecule has 0 saturated carbocycles. The summed E-state index contributed by atoms with van der Waals surface area (Å²) >= 11 is 11.0. The Labute approximate surface area is 78.7 Å². The van der Waals surface area contributed by atoms with Crippen LogP contribution in [0.4, 0.5) is 0 Å². The lowest BCUT2D eigenvalue weighted by Gasteiger charge is -1.92. The van der Waals surface area contributed by atoms with Gasteiger partial charge in [-0.3, -0.25) is 0 Å². The molecule has 0 radical (unpaired) electrons. The summed E-state index contributed by atoms with van der Waals surface area (Å²) in [4.78, 5) is 0. The molecule has 11 heavy (non-hydrogen) atoms. The lowest BCUT2D eigenvalue weighted by molar-refractivity contribution is 1.77. The van der Waals surface area contributed by atoms with Crippen LogP contribution in [0.25, 0.3) is 0 Å². The minimum Gasteiger partial charge on any atom is -0.0717 e. The first-order valence-corrected chi connectivity index (χ1v) is 5.62. The van der Waals surface area contributed by atoms with Gasteiger partial charge in [0.05, 0.1) is 14.0 Å². The molecule has 3 heteroatoms. The summed E-state index contributed by atoms with van der Waals surface area (Å²) in [5, 5.41) is 1.35. The maximum atomic E-state index is 5.49. The van der Waals surface area contributed by atoms with Crippen LogP contribution in [0.15, 0.2) is 40.5 Å². The lowest BCUT2D eigenvalue weighted by atomic mass is 10.4. The van der Waals surface area contributed by atoms with Crippen molar-refractivity contribution in [2.75, 3.05) is 0 Å². The third kappa shape index (κ3) is 3.61. The summed E-state index contributed by atoms with van der Waals surface area (Å²) in [5.41, 5.74) is 1.92. The van der Waals surface area contributed by atoms with Crippen molar-refractivity contribution in [3.63, 3.8) is 0 Å². The first kappa shape index (κ1) is 8.85. The van der Waals surface area contributed by atoms with Gasteiger partial charge in [-0.25, -0.2) is 0 Å². The quantitative estimate of drug-likeness (QED) is 0.642. The second-order valence-corrected chi connectivity index (χ2v) is 4.82. The number of hydrogen-bond donors (Lipinski definition) is 0. The van der Waals surface area contributed by atoms with E-state index in [1.165, 1.54) is 5.19 Å². The van der Waals surface area contributed by atoms with Crippen molar-refractivity contribution in [2.24, 2.45) is 0 Å². The molecule has 0 aliphatic rings. The van der Waals surface area contributed by atoms with Crippen LogP contribution in [-0.4, -0.2) is 9.52 Å². The minimum atomic E-state index is -0.385. The van der Waals surface area contributed by atoms with Gasteiger partial charge in [-0.15, -0.1) is 0 Å².